The van der Waals surface area contributed by atoms with Gasteiger partial charge in [0.05, 0.1) is 12.3 Å². The number of halogens is 1. The van der Waals surface area contributed by atoms with Gasteiger partial charge in [-0.1, -0.05) is 6.08 Å². The highest BCUT2D eigenvalue weighted by atomic mass is 79.9. The predicted octanol–water partition coefficient (Wildman–Crippen LogP) is 2.40. The lowest BCUT2D eigenvalue weighted by molar-refractivity contribution is -0.116. The molecule has 0 saturated carbocycles. The maximum absolute atomic E-state index is 12.0. The quantitative estimate of drug-likeness (QED) is 0.877. The fourth-order valence-corrected chi connectivity index (χ4v) is 2.75. The van der Waals surface area contributed by atoms with E-state index in [2.05, 4.69) is 26.2 Å². The van der Waals surface area contributed by atoms with Gasteiger partial charge in [0.2, 0.25) is 5.91 Å². The van der Waals surface area contributed by atoms with Gasteiger partial charge in [-0.15, -0.1) is 0 Å². The highest BCUT2D eigenvalue weighted by Gasteiger charge is 2.26. The highest BCUT2D eigenvalue weighted by Crippen LogP contribution is 2.27. The summed E-state index contributed by atoms with van der Waals surface area (Å²) in [4.78, 5) is 27.8. The molecule has 1 aliphatic carbocycles. The van der Waals surface area contributed by atoms with Crippen LogP contribution in [0.4, 0.5) is 0 Å². The lowest BCUT2D eigenvalue weighted by Gasteiger charge is -2.27. The first-order valence-electron chi connectivity index (χ1n) is 6.85. The van der Waals surface area contributed by atoms with E-state index >= 15 is 0 Å². The van der Waals surface area contributed by atoms with Gasteiger partial charge in [-0.3, -0.25) is 9.59 Å². The summed E-state index contributed by atoms with van der Waals surface area (Å²) >= 11 is 3.14. The van der Waals surface area contributed by atoms with E-state index in [1.165, 1.54) is 6.08 Å². The van der Waals surface area contributed by atoms with Gasteiger partial charge in [0.15, 0.2) is 10.4 Å². The summed E-state index contributed by atoms with van der Waals surface area (Å²) in [6, 6.07) is 3.17. The standard InChI is InChI=1S/C16H13BrN2O4/c1-22-8-9-6-15(20)19-12-7-10(2-3-11(9)12)18-16(21)13-4-5-14(17)23-13/h2-7,11H,8H2,1H3,(H,19,20). The van der Waals surface area contributed by atoms with Crippen molar-refractivity contribution >= 4 is 33.5 Å². The molecule has 0 bridgehead atoms. The maximum atomic E-state index is 12.0. The molecule has 1 aromatic rings. The summed E-state index contributed by atoms with van der Waals surface area (Å²) in [7, 11) is 1.58. The second-order valence-electron chi connectivity index (χ2n) is 5.02. The first-order valence-corrected chi connectivity index (χ1v) is 7.64. The van der Waals surface area contributed by atoms with Crippen molar-refractivity contribution in [3.05, 3.63) is 58.1 Å². The molecule has 1 atom stereocenters. The van der Waals surface area contributed by atoms with Crippen molar-refractivity contribution in [2.75, 3.05) is 13.7 Å². The molecule has 0 spiro atoms. The number of allylic oxidation sites excluding steroid dienone is 3. The van der Waals surface area contributed by atoms with E-state index in [1.54, 1.807) is 31.4 Å². The lowest BCUT2D eigenvalue weighted by atomic mass is 9.88. The third-order valence-corrected chi connectivity index (χ3v) is 3.83. The summed E-state index contributed by atoms with van der Waals surface area (Å²) in [5, 5.41) is 2.77. The topological polar surface area (TPSA) is 80.9 Å². The number of furan rings is 1. The molecule has 1 aliphatic heterocycles. The largest absolute Gasteiger partial charge is 0.444 e. The molecule has 0 saturated heterocycles. The Kier molecular flexibility index (Phi) is 4.40. The van der Waals surface area contributed by atoms with E-state index in [1.807, 2.05) is 6.08 Å². The number of methoxy groups -OCH3 is 1. The van der Waals surface area contributed by atoms with Crippen LogP contribution in [0.15, 0.2) is 61.8 Å². The van der Waals surface area contributed by atoms with Gasteiger partial charge in [-0.05, 0) is 45.8 Å². The molecule has 118 valence electrons. The molecular formula is C16H13BrN2O4. The van der Waals surface area contributed by atoms with Crippen molar-refractivity contribution in [3.8, 4) is 0 Å². The number of nitrogens with zero attached hydrogens (tertiary/aromatic N) is 1. The van der Waals surface area contributed by atoms with E-state index in [0.717, 1.165) is 5.57 Å². The highest BCUT2D eigenvalue weighted by molar-refractivity contribution is 9.10. The first kappa shape index (κ1) is 15.6. The summed E-state index contributed by atoms with van der Waals surface area (Å²) < 4.78 is 10.8. The normalized spacial score (nSPS) is 21.6. The Morgan fingerprint density at radius 2 is 2.26 bits per heavy atom. The second-order valence-corrected chi connectivity index (χ2v) is 5.81. The van der Waals surface area contributed by atoms with Crippen LogP contribution in [0.25, 0.3) is 0 Å². The van der Waals surface area contributed by atoms with Crippen LogP contribution in [0.3, 0.4) is 0 Å². The van der Waals surface area contributed by atoms with Gasteiger partial charge < -0.3 is 14.5 Å². The van der Waals surface area contributed by atoms with E-state index in [0.29, 0.717) is 22.7 Å². The molecule has 3 rings (SSSR count). The molecule has 1 N–H and O–H groups in total. The Morgan fingerprint density at radius 1 is 1.43 bits per heavy atom. The summed E-state index contributed by atoms with van der Waals surface area (Å²) in [6.45, 7) is 0.367. The van der Waals surface area contributed by atoms with Crippen LogP contribution in [0.1, 0.15) is 10.6 Å². The van der Waals surface area contributed by atoms with Crippen molar-refractivity contribution in [1.82, 2.24) is 5.32 Å². The van der Waals surface area contributed by atoms with Crippen LogP contribution in [0, 0.1) is 5.92 Å². The van der Waals surface area contributed by atoms with Crippen LogP contribution >= 0.6 is 15.9 Å². The van der Waals surface area contributed by atoms with Crippen LogP contribution < -0.4 is 5.32 Å². The second kappa shape index (κ2) is 6.47. The monoisotopic (exact) mass is 376 g/mol. The van der Waals surface area contributed by atoms with Crippen LogP contribution in [-0.2, 0) is 9.53 Å². The van der Waals surface area contributed by atoms with Crippen molar-refractivity contribution in [3.63, 3.8) is 0 Å². The van der Waals surface area contributed by atoms with Crippen molar-refractivity contribution in [2.24, 2.45) is 10.9 Å². The molecule has 2 aliphatic rings. The number of aliphatic imine (C=N–C) groups is 1. The number of hydrogen-bond acceptors (Lipinski definition) is 4. The number of nitrogens with one attached hydrogen (secondary N) is 1. The molecule has 0 fully saturated rings. The van der Waals surface area contributed by atoms with E-state index < -0.39 is 5.91 Å². The fraction of sp³-hybridized carbons (Fsp3) is 0.188. The van der Waals surface area contributed by atoms with Gasteiger partial charge >= 0.3 is 5.91 Å². The number of ether oxygens (including phenoxy) is 1. The van der Waals surface area contributed by atoms with Crippen LogP contribution in [-0.4, -0.2) is 31.2 Å². The van der Waals surface area contributed by atoms with Gasteiger partial charge in [-0.25, -0.2) is 4.99 Å². The number of amides is 2. The molecule has 1 aromatic heterocycles. The van der Waals surface area contributed by atoms with Crippen molar-refractivity contribution in [2.45, 2.75) is 0 Å². The van der Waals surface area contributed by atoms with Crippen molar-refractivity contribution in [1.29, 1.82) is 0 Å². The minimum Gasteiger partial charge on any atom is -0.444 e. The minimum absolute atomic E-state index is 0.0699. The van der Waals surface area contributed by atoms with Gasteiger partial charge in [0.1, 0.15) is 0 Å². The third-order valence-electron chi connectivity index (χ3n) is 3.41. The van der Waals surface area contributed by atoms with Crippen LogP contribution in [0.5, 0.6) is 0 Å². The van der Waals surface area contributed by atoms with Crippen LogP contribution in [0.2, 0.25) is 0 Å². The zero-order valence-corrected chi connectivity index (χ0v) is 13.8. The van der Waals surface area contributed by atoms with Gasteiger partial charge in [0.25, 0.3) is 0 Å². The molecule has 1 unspecified atom stereocenters. The third kappa shape index (κ3) is 3.40. The maximum Gasteiger partial charge on any atom is 0.313 e. The number of carbonyl (C=O) groups excluding carboxylic acids is 2. The smallest absolute Gasteiger partial charge is 0.313 e. The van der Waals surface area contributed by atoms with E-state index in [9.17, 15) is 9.59 Å². The zero-order chi connectivity index (χ0) is 16.4. The van der Waals surface area contributed by atoms with E-state index in [4.69, 9.17) is 9.15 Å². The lowest BCUT2D eigenvalue weighted by Crippen LogP contribution is -2.34. The molecule has 2 heterocycles. The Labute approximate surface area is 140 Å². The molecule has 0 aromatic carbocycles. The Bertz CT molecular complexity index is 786. The summed E-state index contributed by atoms with van der Waals surface area (Å²) in [5.41, 5.74) is 1.99. The number of hydrogen-bond donors (Lipinski definition) is 1. The van der Waals surface area contributed by atoms with Gasteiger partial charge in [0, 0.05) is 24.8 Å². The molecular weight excluding hydrogens is 364 g/mol. The molecule has 0 radical (unpaired) electrons. The summed E-state index contributed by atoms with van der Waals surface area (Å²) in [5.74, 6) is -0.624. The molecule has 7 heteroatoms. The first-order chi connectivity index (χ1) is 11.1. The minimum atomic E-state index is -0.486. The Balaban J connectivity index is 1.85. The van der Waals surface area contributed by atoms with Gasteiger partial charge in [-0.2, -0.15) is 0 Å². The number of rotatable bonds is 3. The summed E-state index contributed by atoms with van der Waals surface area (Å²) in [6.07, 6.45) is 6.83. The molecule has 6 nitrogen and oxygen atoms in total. The Morgan fingerprint density at radius 3 is 2.96 bits per heavy atom. The molecule has 2 amide bonds. The molecule has 23 heavy (non-hydrogen) atoms. The average molecular weight is 377 g/mol. The fourth-order valence-electron chi connectivity index (χ4n) is 2.44. The Hall–Kier alpha value is -2.25. The average Bonchev–Trinajstić information content (AvgIpc) is 2.94. The SMILES string of the molecule is COCC1=CC(=O)NC2=CC(=NC(=O)c3ccc(Br)o3)C=CC12. The number of carbonyl (C=O) groups is 2. The van der Waals surface area contributed by atoms with E-state index in [-0.39, 0.29) is 17.6 Å². The zero-order valence-electron chi connectivity index (χ0n) is 12.2. The predicted molar refractivity (Wildman–Crippen MR) is 87.0 cm³/mol. The van der Waals surface area contributed by atoms with Crippen molar-refractivity contribution < 1.29 is 18.7 Å². The number of fused-ring (bicyclic) bond motifs is 1.